The first kappa shape index (κ1) is 14.9. The lowest BCUT2D eigenvalue weighted by molar-refractivity contribution is 0.214. The van der Waals surface area contributed by atoms with Crippen LogP contribution in [0.4, 0.5) is 10.5 Å². The van der Waals surface area contributed by atoms with E-state index in [-0.39, 0.29) is 0 Å². The van der Waals surface area contributed by atoms with Crippen LogP contribution in [0.5, 0.6) is 5.75 Å². The molecule has 0 spiro atoms. The minimum atomic E-state index is -0.540. The van der Waals surface area contributed by atoms with Gasteiger partial charge in [0.05, 0.1) is 4.47 Å². The van der Waals surface area contributed by atoms with E-state index >= 15 is 0 Å². The van der Waals surface area contributed by atoms with E-state index < -0.39 is 6.09 Å². The molecule has 0 aliphatic carbocycles. The number of carbonyl (C=O) groups is 1. The molecule has 0 aliphatic rings. The SMILES string of the molecule is Cc1cccc(NC(=O)Oc2c(C)cc(Cl)cc2Br)c1. The molecular weight excluding hydrogens is 342 g/mol. The summed E-state index contributed by atoms with van der Waals surface area (Å²) in [5.74, 6) is 0.458. The summed E-state index contributed by atoms with van der Waals surface area (Å²) in [4.78, 5) is 11.9. The van der Waals surface area contributed by atoms with E-state index in [2.05, 4.69) is 21.2 Å². The Kier molecular flexibility index (Phi) is 4.68. The predicted molar refractivity (Wildman–Crippen MR) is 84.7 cm³/mol. The van der Waals surface area contributed by atoms with Gasteiger partial charge in [-0.1, -0.05) is 23.7 Å². The summed E-state index contributed by atoms with van der Waals surface area (Å²) in [6, 6.07) is 10.9. The molecule has 0 bridgehead atoms. The average molecular weight is 355 g/mol. The van der Waals surface area contributed by atoms with Crippen molar-refractivity contribution in [2.75, 3.05) is 5.32 Å². The zero-order valence-corrected chi connectivity index (χ0v) is 13.4. The second-order valence-electron chi connectivity index (χ2n) is 4.42. The van der Waals surface area contributed by atoms with Crippen LogP contribution < -0.4 is 10.1 Å². The number of halogens is 2. The Balaban J connectivity index is 2.13. The molecule has 104 valence electrons. The van der Waals surface area contributed by atoms with E-state index in [0.29, 0.717) is 20.9 Å². The molecule has 1 amide bonds. The number of ether oxygens (including phenoxy) is 1. The minimum Gasteiger partial charge on any atom is -0.409 e. The van der Waals surface area contributed by atoms with Gasteiger partial charge in [0, 0.05) is 10.7 Å². The van der Waals surface area contributed by atoms with Crippen LogP contribution in [-0.4, -0.2) is 6.09 Å². The molecule has 2 rings (SSSR count). The van der Waals surface area contributed by atoms with Gasteiger partial charge in [-0.3, -0.25) is 5.32 Å². The van der Waals surface area contributed by atoms with Gasteiger partial charge in [0.1, 0.15) is 5.75 Å². The maximum Gasteiger partial charge on any atom is 0.417 e. The standard InChI is InChI=1S/C15H13BrClNO2/c1-9-4-3-5-12(6-9)18-15(19)20-14-10(2)7-11(17)8-13(14)16/h3-8H,1-2H3,(H,18,19). The van der Waals surface area contributed by atoms with Gasteiger partial charge < -0.3 is 4.74 Å². The fourth-order valence-electron chi connectivity index (χ4n) is 1.78. The smallest absolute Gasteiger partial charge is 0.409 e. The second kappa shape index (κ2) is 6.29. The van der Waals surface area contributed by atoms with Crippen molar-refractivity contribution < 1.29 is 9.53 Å². The number of amides is 1. The maximum atomic E-state index is 11.9. The van der Waals surface area contributed by atoms with Gasteiger partial charge in [0.25, 0.3) is 0 Å². The molecule has 2 aromatic rings. The summed E-state index contributed by atoms with van der Waals surface area (Å²) in [6.45, 7) is 3.78. The summed E-state index contributed by atoms with van der Waals surface area (Å²) in [5, 5.41) is 3.27. The average Bonchev–Trinajstić information content (AvgIpc) is 2.33. The van der Waals surface area contributed by atoms with Crippen molar-refractivity contribution >= 4 is 39.3 Å². The van der Waals surface area contributed by atoms with Crippen LogP contribution in [0.15, 0.2) is 40.9 Å². The van der Waals surface area contributed by atoms with Gasteiger partial charge in [-0.05, 0) is 65.2 Å². The third kappa shape index (κ3) is 3.74. The van der Waals surface area contributed by atoms with Gasteiger partial charge in [-0.15, -0.1) is 0 Å². The van der Waals surface area contributed by atoms with Crippen LogP contribution in [0.1, 0.15) is 11.1 Å². The molecule has 5 heteroatoms. The zero-order chi connectivity index (χ0) is 14.7. The number of rotatable bonds is 2. The van der Waals surface area contributed by atoms with Crippen molar-refractivity contribution in [2.45, 2.75) is 13.8 Å². The molecule has 0 atom stereocenters. The highest BCUT2D eigenvalue weighted by Gasteiger charge is 2.12. The van der Waals surface area contributed by atoms with Gasteiger partial charge in [-0.2, -0.15) is 0 Å². The molecule has 0 radical (unpaired) electrons. The number of carbonyl (C=O) groups excluding carboxylic acids is 1. The Morgan fingerprint density at radius 2 is 2.00 bits per heavy atom. The normalized spacial score (nSPS) is 10.2. The fourth-order valence-corrected chi connectivity index (χ4v) is 2.82. The Bertz CT molecular complexity index is 635. The van der Waals surface area contributed by atoms with Crippen LogP contribution in [0.2, 0.25) is 5.02 Å². The summed E-state index contributed by atoms with van der Waals surface area (Å²) < 4.78 is 5.96. The zero-order valence-electron chi connectivity index (χ0n) is 11.0. The molecule has 0 saturated carbocycles. The Morgan fingerprint density at radius 1 is 1.25 bits per heavy atom. The highest BCUT2D eigenvalue weighted by atomic mass is 79.9. The Morgan fingerprint density at radius 3 is 2.65 bits per heavy atom. The molecule has 0 saturated heterocycles. The number of nitrogens with one attached hydrogen (secondary N) is 1. The molecule has 0 unspecified atom stereocenters. The van der Waals surface area contributed by atoms with Crippen molar-refractivity contribution in [3.8, 4) is 5.75 Å². The highest BCUT2D eigenvalue weighted by molar-refractivity contribution is 9.10. The third-order valence-electron chi connectivity index (χ3n) is 2.65. The van der Waals surface area contributed by atoms with Gasteiger partial charge in [0.2, 0.25) is 0 Å². The van der Waals surface area contributed by atoms with Crippen LogP contribution in [0, 0.1) is 13.8 Å². The molecule has 2 aromatic carbocycles. The van der Waals surface area contributed by atoms with Crippen LogP contribution >= 0.6 is 27.5 Å². The lowest BCUT2D eigenvalue weighted by Crippen LogP contribution is -2.17. The van der Waals surface area contributed by atoms with Crippen LogP contribution in [-0.2, 0) is 0 Å². The maximum absolute atomic E-state index is 11.9. The van der Waals surface area contributed by atoms with E-state index in [1.54, 1.807) is 18.2 Å². The molecule has 20 heavy (non-hydrogen) atoms. The predicted octanol–water partition coefficient (Wildman–Crippen LogP) is 5.33. The summed E-state index contributed by atoms with van der Waals surface area (Å²) in [6.07, 6.45) is -0.540. The first-order chi connectivity index (χ1) is 9.45. The van der Waals surface area contributed by atoms with Crippen molar-refractivity contribution in [1.29, 1.82) is 0 Å². The lowest BCUT2D eigenvalue weighted by atomic mass is 10.2. The number of benzene rings is 2. The van der Waals surface area contributed by atoms with Crippen LogP contribution in [0.25, 0.3) is 0 Å². The Labute approximate surface area is 131 Å². The molecule has 0 heterocycles. The molecule has 0 aliphatic heterocycles. The first-order valence-electron chi connectivity index (χ1n) is 5.97. The largest absolute Gasteiger partial charge is 0.417 e. The number of hydrogen-bond acceptors (Lipinski definition) is 2. The van der Waals surface area contributed by atoms with E-state index in [1.165, 1.54) is 0 Å². The molecule has 1 N–H and O–H groups in total. The molecule has 3 nitrogen and oxygen atoms in total. The summed E-state index contributed by atoms with van der Waals surface area (Å²) >= 11 is 9.25. The Hall–Kier alpha value is -1.52. The van der Waals surface area contributed by atoms with E-state index in [9.17, 15) is 4.79 Å². The van der Waals surface area contributed by atoms with Crippen molar-refractivity contribution in [3.63, 3.8) is 0 Å². The third-order valence-corrected chi connectivity index (χ3v) is 3.46. The van der Waals surface area contributed by atoms with Gasteiger partial charge in [0.15, 0.2) is 0 Å². The second-order valence-corrected chi connectivity index (χ2v) is 5.71. The molecular formula is C15H13BrClNO2. The van der Waals surface area contributed by atoms with Crippen molar-refractivity contribution in [1.82, 2.24) is 0 Å². The number of aryl methyl sites for hydroxylation is 2. The number of hydrogen-bond donors (Lipinski definition) is 1. The van der Waals surface area contributed by atoms with E-state index in [0.717, 1.165) is 11.1 Å². The summed E-state index contributed by atoms with van der Waals surface area (Å²) in [5.41, 5.74) is 2.54. The number of anilines is 1. The van der Waals surface area contributed by atoms with Crippen LogP contribution in [0.3, 0.4) is 0 Å². The van der Waals surface area contributed by atoms with Crippen molar-refractivity contribution in [2.24, 2.45) is 0 Å². The van der Waals surface area contributed by atoms with Gasteiger partial charge >= 0.3 is 6.09 Å². The quantitative estimate of drug-likeness (QED) is 0.791. The van der Waals surface area contributed by atoms with Crippen molar-refractivity contribution in [3.05, 3.63) is 57.0 Å². The highest BCUT2D eigenvalue weighted by Crippen LogP contribution is 2.32. The first-order valence-corrected chi connectivity index (χ1v) is 7.14. The lowest BCUT2D eigenvalue weighted by Gasteiger charge is -2.11. The fraction of sp³-hybridized carbons (Fsp3) is 0.133. The van der Waals surface area contributed by atoms with E-state index in [1.807, 2.05) is 32.0 Å². The van der Waals surface area contributed by atoms with Gasteiger partial charge in [-0.25, -0.2) is 4.79 Å². The van der Waals surface area contributed by atoms with E-state index in [4.69, 9.17) is 16.3 Å². The molecule has 0 fully saturated rings. The topological polar surface area (TPSA) is 38.3 Å². The summed E-state index contributed by atoms with van der Waals surface area (Å²) in [7, 11) is 0. The molecule has 0 aromatic heterocycles. The monoisotopic (exact) mass is 353 g/mol. The minimum absolute atomic E-state index is 0.458.